The summed E-state index contributed by atoms with van der Waals surface area (Å²) in [5, 5.41) is 0.967. The zero-order valence-corrected chi connectivity index (χ0v) is 18.8. The van der Waals surface area contributed by atoms with Crippen LogP contribution in [0.25, 0.3) is 10.9 Å². The summed E-state index contributed by atoms with van der Waals surface area (Å²) < 4.78 is 46.6. The van der Waals surface area contributed by atoms with Gasteiger partial charge < -0.3 is 14.3 Å². The van der Waals surface area contributed by atoms with Crippen molar-refractivity contribution in [3.8, 4) is 0 Å². The Morgan fingerprint density at radius 3 is 2.90 bits per heavy atom. The molecule has 1 aromatic carbocycles. The van der Waals surface area contributed by atoms with Gasteiger partial charge >= 0.3 is 0 Å². The van der Waals surface area contributed by atoms with Crippen molar-refractivity contribution in [2.75, 3.05) is 19.4 Å². The highest BCUT2D eigenvalue weighted by Gasteiger charge is 2.26. The van der Waals surface area contributed by atoms with Crippen LogP contribution < -0.4 is 0 Å². The molecule has 31 heavy (non-hydrogen) atoms. The second-order valence-electron chi connectivity index (χ2n) is 8.30. The van der Waals surface area contributed by atoms with Gasteiger partial charge in [-0.1, -0.05) is 6.92 Å². The van der Waals surface area contributed by atoms with Crippen LogP contribution >= 0.6 is 0 Å². The molecule has 2 aromatic heterocycles. The molecular weight excluding hydrogens is 419 g/mol. The fourth-order valence-electron chi connectivity index (χ4n) is 4.19. The summed E-state index contributed by atoms with van der Waals surface area (Å²) in [6.07, 6.45) is 4.14. The molecule has 0 saturated carbocycles. The number of nitrogens with one attached hydrogen (secondary N) is 1. The maximum Gasteiger partial charge on any atom is 0.227 e. The fraction of sp³-hybridized carbons (Fsp3) is 0.500. The van der Waals surface area contributed by atoms with E-state index in [-0.39, 0.29) is 22.8 Å². The summed E-state index contributed by atoms with van der Waals surface area (Å²) in [6, 6.07) is 6.62. The van der Waals surface area contributed by atoms with Gasteiger partial charge in [-0.3, -0.25) is 4.90 Å². The molecule has 0 amide bonds. The molecule has 3 aromatic rings. The summed E-state index contributed by atoms with van der Waals surface area (Å²) in [7, 11) is -1.47. The van der Waals surface area contributed by atoms with Gasteiger partial charge in [-0.15, -0.1) is 0 Å². The molecule has 1 N–H and O–H groups in total. The van der Waals surface area contributed by atoms with Gasteiger partial charge in [0.2, 0.25) is 15.0 Å². The third kappa shape index (κ3) is 4.99. The first-order valence-corrected chi connectivity index (χ1v) is 12.4. The minimum atomic E-state index is -3.44. The van der Waals surface area contributed by atoms with E-state index in [9.17, 15) is 12.8 Å². The van der Waals surface area contributed by atoms with Crippen LogP contribution in [0.15, 0.2) is 35.6 Å². The van der Waals surface area contributed by atoms with Crippen molar-refractivity contribution in [3.05, 3.63) is 47.7 Å². The average Bonchev–Trinajstić information content (AvgIpc) is 3.42. The highest BCUT2D eigenvalue weighted by atomic mass is 32.2. The number of fused-ring (bicyclic) bond motifs is 1. The number of hydrogen-bond acceptors (Lipinski definition) is 5. The van der Waals surface area contributed by atoms with E-state index < -0.39 is 9.84 Å². The Morgan fingerprint density at radius 2 is 2.16 bits per heavy atom. The van der Waals surface area contributed by atoms with Crippen molar-refractivity contribution < 1.29 is 17.5 Å². The van der Waals surface area contributed by atoms with Crippen molar-refractivity contribution in [3.63, 3.8) is 0 Å². The molecule has 9 heteroatoms. The number of sulfone groups is 1. The number of imidazole rings is 1. The lowest BCUT2D eigenvalue weighted by molar-refractivity contribution is 0.0934. The maximum absolute atomic E-state index is 13.5. The molecule has 0 radical (unpaired) electrons. The highest BCUT2D eigenvalue weighted by molar-refractivity contribution is 7.91. The van der Waals surface area contributed by atoms with Crippen molar-refractivity contribution in [2.24, 2.45) is 0 Å². The molecule has 0 spiro atoms. The van der Waals surface area contributed by atoms with E-state index in [1.54, 1.807) is 12.3 Å². The first-order valence-electron chi connectivity index (χ1n) is 10.7. The maximum atomic E-state index is 13.5. The van der Waals surface area contributed by atoms with Crippen molar-refractivity contribution in [2.45, 2.75) is 57.1 Å². The molecule has 0 unspecified atom stereocenters. The van der Waals surface area contributed by atoms with Crippen LogP contribution in [0.1, 0.15) is 37.6 Å². The zero-order chi connectivity index (χ0) is 22.0. The minimum absolute atomic E-state index is 0.0115. The number of rotatable bonds is 9. The quantitative estimate of drug-likeness (QED) is 0.542. The third-order valence-corrected chi connectivity index (χ3v) is 7.40. The lowest BCUT2D eigenvalue weighted by atomic mass is 10.2. The molecule has 3 heterocycles. The van der Waals surface area contributed by atoms with E-state index in [1.807, 2.05) is 24.6 Å². The molecule has 4 rings (SSSR count). The molecule has 7 nitrogen and oxygen atoms in total. The van der Waals surface area contributed by atoms with E-state index >= 15 is 0 Å². The van der Waals surface area contributed by atoms with E-state index in [4.69, 9.17) is 4.74 Å². The van der Waals surface area contributed by atoms with Gasteiger partial charge in [0, 0.05) is 36.3 Å². The number of ether oxygens (including phenoxy) is 1. The Morgan fingerprint density at radius 1 is 1.32 bits per heavy atom. The number of halogens is 1. The largest absolute Gasteiger partial charge is 0.376 e. The summed E-state index contributed by atoms with van der Waals surface area (Å²) in [5.41, 5.74) is 2.70. The molecule has 1 aliphatic heterocycles. The van der Waals surface area contributed by atoms with Crippen LogP contribution in [0, 0.1) is 5.82 Å². The molecule has 0 bridgehead atoms. The standard InChI is InChI=1S/C22H29FN4O3S/c1-3-9-31(28,29)22-24-12-19(27(22)15-20-5-4-8-30-20)14-26(2)13-18-11-16-10-17(23)6-7-21(16)25-18/h6-7,10-12,20,25H,3-5,8-9,13-15H2,1-2H3/t20-/m0/s1. The van der Waals surface area contributed by atoms with Crippen LogP contribution in [0.3, 0.4) is 0 Å². The molecule has 168 valence electrons. The van der Waals surface area contributed by atoms with Gasteiger partial charge in [0.15, 0.2) is 0 Å². The molecule has 1 atom stereocenters. The van der Waals surface area contributed by atoms with Gasteiger partial charge in [-0.2, -0.15) is 0 Å². The molecule has 0 aliphatic carbocycles. The normalized spacial score (nSPS) is 17.2. The van der Waals surface area contributed by atoms with Crippen molar-refractivity contribution >= 4 is 20.7 Å². The van der Waals surface area contributed by atoms with Gasteiger partial charge in [-0.05, 0) is 50.6 Å². The fourth-order valence-corrected chi connectivity index (χ4v) is 5.65. The monoisotopic (exact) mass is 448 g/mol. The Balaban J connectivity index is 1.55. The second kappa shape index (κ2) is 9.10. The second-order valence-corrected chi connectivity index (χ2v) is 10.3. The van der Waals surface area contributed by atoms with Gasteiger partial charge in [0.25, 0.3) is 0 Å². The first-order chi connectivity index (χ1) is 14.9. The number of aromatic nitrogens is 3. The number of benzene rings is 1. The molecule has 1 aliphatic rings. The van der Waals surface area contributed by atoms with Crippen molar-refractivity contribution in [1.29, 1.82) is 0 Å². The Kier molecular flexibility index (Phi) is 6.45. The van der Waals surface area contributed by atoms with Crippen LogP contribution in [-0.4, -0.2) is 53.4 Å². The number of hydrogen-bond donors (Lipinski definition) is 1. The van der Waals surface area contributed by atoms with E-state index in [1.165, 1.54) is 12.1 Å². The third-order valence-electron chi connectivity index (χ3n) is 5.57. The summed E-state index contributed by atoms with van der Waals surface area (Å²) in [6.45, 7) is 4.20. The van der Waals surface area contributed by atoms with Crippen LogP contribution in [0.2, 0.25) is 0 Å². The zero-order valence-electron chi connectivity index (χ0n) is 18.0. The predicted molar refractivity (Wildman–Crippen MR) is 117 cm³/mol. The average molecular weight is 449 g/mol. The first kappa shape index (κ1) is 22.0. The summed E-state index contributed by atoms with van der Waals surface area (Å²) in [4.78, 5) is 9.69. The van der Waals surface area contributed by atoms with Gasteiger partial charge in [-0.25, -0.2) is 17.8 Å². The lowest BCUT2D eigenvalue weighted by Crippen LogP contribution is -2.25. The Hall–Kier alpha value is -2.23. The topological polar surface area (TPSA) is 80.2 Å². The van der Waals surface area contributed by atoms with Crippen LogP contribution in [0.4, 0.5) is 4.39 Å². The van der Waals surface area contributed by atoms with Gasteiger partial charge in [0.1, 0.15) is 5.82 Å². The van der Waals surface area contributed by atoms with Gasteiger partial charge in [0.05, 0.1) is 30.3 Å². The predicted octanol–water partition coefficient (Wildman–Crippen LogP) is 3.50. The van der Waals surface area contributed by atoms with Crippen LogP contribution in [-0.2, 0) is 34.2 Å². The number of aromatic amines is 1. The Labute approximate surface area is 182 Å². The van der Waals surface area contributed by atoms with Crippen molar-refractivity contribution in [1.82, 2.24) is 19.4 Å². The van der Waals surface area contributed by atoms with E-state index in [2.05, 4.69) is 14.9 Å². The SMILES string of the molecule is CCCS(=O)(=O)c1ncc(CN(C)Cc2cc3cc(F)ccc3[nH]2)n1C[C@@H]1CCCO1. The summed E-state index contributed by atoms with van der Waals surface area (Å²) >= 11 is 0. The highest BCUT2D eigenvalue weighted by Crippen LogP contribution is 2.22. The van der Waals surface area contributed by atoms with Crippen LogP contribution in [0.5, 0.6) is 0 Å². The smallest absolute Gasteiger partial charge is 0.227 e. The molecular formula is C22H29FN4O3S. The Bertz CT molecular complexity index is 1150. The molecule has 1 fully saturated rings. The van der Waals surface area contributed by atoms with E-state index in [0.717, 1.165) is 35.1 Å². The number of nitrogens with zero attached hydrogens (tertiary/aromatic N) is 3. The summed E-state index contributed by atoms with van der Waals surface area (Å²) in [5.74, 6) is -0.179. The molecule has 1 saturated heterocycles. The lowest BCUT2D eigenvalue weighted by Gasteiger charge is -2.20. The number of H-pyrrole nitrogens is 1. The van der Waals surface area contributed by atoms with E-state index in [0.29, 0.717) is 32.7 Å². The minimum Gasteiger partial charge on any atom is -0.376 e.